The summed E-state index contributed by atoms with van der Waals surface area (Å²) < 4.78 is 1.97. The van der Waals surface area contributed by atoms with E-state index in [0.29, 0.717) is 0 Å². The number of rotatable bonds is 6. The Hall–Kier alpha value is -3.53. The second-order valence-corrected chi connectivity index (χ2v) is 7.75. The molecule has 3 heterocycles. The highest BCUT2D eigenvalue weighted by Crippen LogP contribution is 2.21. The van der Waals surface area contributed by atoms with E-state index in [4.69, 9.17) is 5.10 Å². The fraction of sp³-hybridized carbons (Fsp3) is 0.192. The van der Waals surface area contributed by atoms with Crippen molar-refractivity contribution in [3.63, 3.8) is 0 Å². The molecule has 0 bridgehead atoms. The van der Waals surface area contributed by atoms with Gasteiger partial charge in [-0.3, -0.25) is 4.98 Å². The van der Waals surface area contributed by atoms with Crippen LogP contribution in [0.25, 0.3) is 27.8 Å². The Bertz CT molecular complexity index is 1300. The van der Waals surface area contributed by atoms with Gasteiger partial charge in [0.05, 0.1) is 23.1 Å². The Kier molecular flexibility index (Phi) is 4.98. The van der Waals surface area contributed by atoms with Crippen molar-refractivity contribution in [1.82, 2.24) is 19.6 Å². The minimum Gasteiger partial charge on any atom is -0.256 e. The van der Waals surface area contributed by atoms with E-state index in [1.165, 1.54) is 24.0 Å². The quantitative estimate of drug-likeness (QED) is 0.362. The van der Waals surface area contributed by atoms with Crippen molar-refractivity contribution in [1.29, 1.82) is 0 Å². The van der Waals surface area contributed by atoms with E-state index < -0.39 is 0 Å². The van der Waals surface area contributed by atoms with Crippen molar-refractivity contribution in [3.05, 3.63) is 95.9 Å². The Balaban J connectivity index is 1.45. The molecule has 5 rings (SSSR count). The molecule has 3 aromatic heterocycles. The van der Waals surface area contributed by atoms with Gasteiger partial charge in [0.25, 0.3) is 0 Å². The number of hydrogen-bond acceptors (Lipinski definition) is 3. The average molecular weight is 393 g/mol. The van der Waals surface area contributed by atoms with Crippen LogP contribution in [-0.2, 0) is 12.8 Å². The summed E-state index contributed by atoms with van der Waals surface area (Å²) in [6.45, 7) is 2.23. The van der Waals surface area contributed by atoms with E-state index in [1.54, 1.807) is 0 Å². The first-order valence-electron chi connectivity index (χ1n) is 10.6. The van der Waals surface area contributed by atoms with E-state index in [2.05, 4.69) is 71.5 Å². The number of pyridine rings is 1. The van der Waals surface area contributed by atoms with Gasteiger partial charge in [0.15, 0.2) is 5.65 Å². The van der Waals surface area contributed by atoms with Crippen LogP contribution in [0.4, 0.5) is 0 Å². The lowest BCUT2D eigenvalue weighted by molar-refractivity contribution is 0.795. The van der Waals surface area contributed by atoms with Crippen molar-refractivity contribution in [2.75, 3.05) is 0 Å². The maximum Gasteiger partial charge on any atom is 0.153 e. The van der Waals surface area contributed by atoms with E-state index in [1.807, 2.05) is 29.0 Å². The number of imidazole rings is 1. The van der Waals surface area contributed by atoms with E-state index >= 15 is 0 Å². The Morgan fingerprint density at radius 2 is 1.73 bits per heavy atom. The highest BCUT2D eigenvalue weighted by atomic mass is 15.3. The molecule has 0 aliphatic heterocycles. The molecule has 5 aromatic rings. The predicted octanol–water partition coefficient (Wildman–Crippen LogP) is 5.88. The Morgan fingerprint density at radius 1 is 0.867 bits per heavy atom. The smallest absolute Gasteiger partial charge is 0.153 e. The minimum absolute atomic E-state index is 0.776. The minimum atomic E-state index is 0.776. The molecular weight excluding hydrogens is 368 g/mol. The van der Waals surface area contributed by atoms with Crippen molar-refractivity contribution in [2.45, 2.75) is 32.6 Å². The highest BCUT2D eigenvalue weighted by Gasteiger charge is 2.09. The maximum absolute atomic E-state index is 4.90. The molecule has 2 aromatic carbocycles. The zero-order chi connectivity index (χ0) is 20.3. The van der Waals surface area contributed by atoms with Gasteiger partial charge in [-0.1, -0.05) is 49.7 Å². The lowest BCUT2D eigenvalue weighted by atomic mass is 10.0. The summed E-state index contributed by atoms with van der Waals surface area (Å²) in [5, 5.41) is 6.05. The van der Waals surface area contributed by atoms with Crippen LogP contribution in [0.15, 0.2) is 79.1 Å². The first-order valence-corrected chi connectivity index (χ1v) is 10.6. The molecule has 148 valence electrons. The maximum atomic E-state index is 4.90. The van der Waals surface area contributed by atoms with Crippen LogP contribution in [0.2, 0.25) is 0 Å². The van der Waals surface area contributed by atoms with Crippen LogP contribution in [0, 0.1) is 0 Å². The number of aromatic nitrogens is 4. The van der Waals surface area contributed by atoms with Crippen molar-refractivity contribution in [3.8, 4) is 11.3 Å². The summed E-state index contributed by atoms with van der Waals surface area (Å²) in [5.41, 5.74) is 7.67. The van der Waals surface area contributed by atoms with E-state index in [-0.39, 0.29) is 0 Å². The van der Waals surface area contributed by atoms with Crippen LogP contribution < -0.4 is 0 Å². The van der Waals surface area contributed by atoms with Crippen molar-refractivity contribution in [2.24, 2.45) is 0 Å². The van der Waals surface area contributed by atoms with Gasteiger partial charge >= 0.3 is 0 Å². The SMILES string of the molecule is CCCCc1ccc(-c2ccc3ncc(Cc4ccc5ncccc5c4)n3n2)cc1. The molecule has 0 spiro atoms. The molecule has 4 nitrogen and oxygen atoms in total. The molecule has 0 N–H and O–H groups in total. The highest BCUT2D eigenvalue weighted by molar-refractivity contribution is 5.79. The Morgan fingerprint density at radius 3 is 2.60 bits per heavy atom. The molecule has 0 fully saturated rings. The molecule has 4 heteroatoms. The number of fused-ring (bicyclic) bond motifs is 2. The van der Waals surface area contributed by atoms with Gasteiger partial charge in [-0.15, -0.1) is 0 Å². The van der Waals surface area contributed by atoms with Gasteiger partial charge in [-0.25, -0.2) is 9.50 Å². The van der Waals surface area contributed by atoms with Gasteiger partial charge in [0.1, 0.15) is 0 Å². The fourth-order valence-electron chi connectivity index (χ4n) is 3.86. The van der Waals surface area contributed by atoms with Gasteiger partial charge in [0, 0.05) is 23.6 Å². The third kappa shape index (κ3) is 3.69. The van der Waals surface area contributed by atoms with Gasteiger partial charge < -0.3 is 0 Å². The van der Waals surface area contributed by atoms with Crippen LogP contribution in [0.1, 0.15) is 36.6 Å². The molecule has 0 aliphatic carbocycles. The first kappa shape index (κ1) is 18.5. The summed E-state index contributed by atoms with van der Waals surface area (Å²) in [5.74, 6) is 0. The molecule has 0 saturated carbocycles. The summed E-state index contributed by atoms with van der Waals surface area (Å²) in [6, 6.07) is 23.3. The number of nitrogens with zero attached hydrogens (tertiary/aromatic N) is 4. The second-order valence-electron chi connectivity index (χ2n) is 7.75. The average Bonchev–Trinajstić information content (AvgIpc) is 3.20. The summed E-state index contributed by atoms with van der Waals surface area (Å²) in [4.78, 5) is 8.95. The number of benzene rings is 2. The lowest BCUT2D eigenvalue weighted by Gasteiger charge is -2.07. The molecule has 0 unspecified atom stereocenters. The third-order valence-electron chi connectivity index (χ3n) is 5.55. The van der Waals surface area contributed by atoms with Crippen LogP contribution in [-0.4, -0.2) is 19.6 Å². The normalized spacial score (nSPS) is 11.4. The number of aryl methyl sites for hydroxylation is 1. The molecule has 30 heavy (non-hydrogen) atoms. The van der Waals surface area contributed by atoms with Gasteiger partial charge in [-0.05, 0) is 54.3 Å². The molecule has 0 amide bonds. The van der Waals surface area contributed by atoms with Crippen LogP contribution in [0.3, 0.4) is 0 Å². The molecule has 0 radical (unpaired) electrons. The monoisotopic (exact) mass is 392 g/mol. The number of hydrogen-bond donors (Lipinski definition) is 0. The molecule has 0 aliphatic rings. The zero-order valence-corrected chi connectivity index (χ0v) is 17.1. The summed E-state index contributed by atoms with van der Waals surface area (Å²) in [6.07, 6.45) is 8.11. The third-order valence-corrected chi connectivity index (χ3v) is 5.55. The second kappa shape index (κ2) is 8.07. The summed E-state index contributed by atoms with van der Waals surface area (Å²) >= 11 is 0. The Labute approximate surface area is 176 Å². The zero-order valence-electron chi connectivity index (χ0n) is 17.1. The van der Waals surface area contributed by atoms with Crippen molar-refractivity contribution < 1.29 is 0 Å². The van der Waals surface area contributed by atoms with E-state index in [0.717, 1.165) is 46.3 Å². The fourth-order valence-corrected chi connectivity index (χ4v) is 3.86. The molecule has 0 atom stereocenters. The van der Waals surface area contributed by atoms with Crippen LogP contribution >= 0.6 is 0 Å². The van der Waals surface area contributed by atoms with Gasteiger partial charge in [0.2, 0.25) is 0 Å². The van der Waals surface area contributed by atoms with E-state index in [9.17, 15) is 0 Å². The van der Waals surface area contributed by atoms with Crippen LogP contribution in [0.5, 0.6) is 0 Å². The molecular formula is C26H24N4. The largest absolute Gasteiger partial charge is 0.256 e. The van der Waals surface area contributed by atoms with Crippen molar-refractivity contribution >= 4 is 16.6 Å². The lowest BCUT2D eigenvalue weighted by Crippen LogP contribution is -2.00. The topological polar surface area (TPSA) is 43.1 Å². The molecule has 0 saturated heterocycles. The number of unbranched alkanes of at least 4 members (excludes halogenated alkanes) is 1. The predicted molar refractivity (Wildman–Crippen MR) is 122 cm³/mol. The summed E-state index contributed by atoms with van der Waals surface area (Å²) in [7, 11) is 0. The first-order chi connectivity index (χ1) is 14.8. The standard InChI is InChI=1S/C26H24N4/c1-2-3-5-19-7-10-21(11-8-19)25-13-14-26-28-18-23(30(26)29-25)17-20-9-12-24-22(16-20)6-4-15-27-24/h4,6-16,18H,2-3,5,17H2,1H3. The van der Waals surface area contributed by atoms with Gasteiger partial charge in [-0.2, -0.15) is 5.10 Å².